The van der Waals surface area contributed by atoms with E-state index in [0.717, 1.165) is 17.0 Å². The maximum Gasteiger partial charge on any atom is 0.344 e. The van der Waals surface area contributed by atoms with Crippen LogP contribution in [0, 0.1) is 10.1 Å². The number of carbonyl (C=O) groups excluding carboxylic acids is 1. The number of carbonyl (C=O) groups is 1. The molecule has 13 heteroatoms. The van der Waals surface area contributed by atoms with Gasteiger partial charge in [0.2, 0.25) is 11.6 Å². The standard InChI is InChI=1S/C29H23ClN4O8/c1-16(2)41-26(35)15-40-27-17(11-18(30)12-22(27)34(37)38)14-31-33-28(32-21-8-5-4-7-19(21)29(33)36)25-13-20-23(39-3)9-6-10-24(20)42-25/h4-14,16H,15H2,1-3H3. The van der Waals surface area contributed by atoms with Gasteiger partial charge in [0.1, 0.15) is 11.3 Å². The molecule has 3 aromatic carbocycles. The molecule has 5 rings (SSSR count). The van der Waals surface area contributed by atoms with Crippen LogP contribution in [0.15, 0.2) is 75.0 Å². The topological polar surface area (TPSA) is 148 Å². The average Bonchev–Trinajstić information content (AvgIpc) is 3.40. The summed E-state index contributed by atoms with van der Waals surface area (Å²) in [7, 11) is 1.53. The molecule has 2 aromatic heterocycles. The molecule has 0 amide bonds. The minimum atomic E-state index is -0.727. The van der Waals surface area contributed by atoms with E-state index in [9.17, 15) is 19.7 Å². The Hall–Kier alpha value is -5.23. The summed E-state index contributed by atoms with van der Waals surface area (Å²) in [5, 5.41) is 17.1. The van der Waals surface area contributed by atoms with Crippen LogP contribution < -0.4 is 15.0 Å². The Kier molecular flexibility index (Phi) is 7.89. The van der Waals surface area contributed by atoms with Crippen LogP contribution in [0.3, 0.4) is 0 Å². The van der Waals surface area contributed by atoms with Crippen LogP contribution in [0.25, 0.3) is 33.5 Å². The lowest BCUT2D eigenvalue weighted by molar-refractivity contribution is -0.385. The minimum absolute atomic E-state index is 0.00819. The molecule has 2 heterocycles. The predicted molar refractivity (Wildman–Crippen MR) is 156 cm³/mol. The molecule has 42 heavy (non-hydrogen) atoms. The molecule has 0 aliphatic rings. The molecular formula is C29H23ClN4O8. The maximum absolute atomic E-state index is 13.6. The first-order valence-corrected chi connectivity index (χ1v) is 13.0. The summed E-state index contributed by atoms with van der Waals surface area (Å²) < 4.78 is 23.0. The summed E-state index contributed by atoms with van der Waals surface area (Å²) in [5.74, 6) is -0.169. The van der Waals surface area contributed by atoms with Crippen LogP contribution in [0.2, 0.25) is 5.02 Å². The van der Waals surface area contributed by atoms with Gasteiger partial charge < -0.3 is 18.6 Å². The van der Waals surface area contributed by atoms with E-state index in [1.165, 1.54) is 13.2 Å². The molecule has 0 aliphatic carbocycles. The van der Waals surface area contributed by atoms with E-state index in [-0.39, 0.29) is 33.3 Å². The number of nitro benzene ring substituents is 1. The number of methoxy groups -OCH3 is 1. The van der Waals surface area contributed by atoms with Crippen molar-refractivity contribution in [2.45, 2.75) is 20.0 Å². The third kappa shape index (κ3) is 5.65. The highest BCUT2D eigenvalue weighted by Crippen LogP contribution is 2.35. The quantitative estimate of drug-likeness (QED) is 0.0926. The van der Waals surface area contributed by atoms with E-state index in [4.69, 9.17) is 30.2 Å². The van der Waals surface area contributed by atoms with Crippen molar-refractivity contribution in [3.8, 4) is 23.1 Å². The highest BCUT2D eigenvalue weighted by molar-refractivity contribution is 6.31. The Balaban J connectivity index is 1.67. The van der Waals surface area contributed by atoms with Crippen LogP contribution in [-0.2, 0) is 9.53 Å². The number of halogens is 1. The van der Waals surface area contributed by atoms with Crippen molar-refractivity contribution in [1.82, 2.24) is 9.66 Å². The Morgan fingerprint density at radius 3 is 2.69 bits per heavy atom. The van der Waals surface area contributed by atoms with Gasteiger partial charge in [0.05, 0.1) is 40.6 Å². The third-order valence-corrected chi connectivity index (χ3v) is 6.21. The Morgan fingerprint density at radius 1 is 1.17 bits per heavy atom. The first-order chi connectivity index (χ1) is 20.2. The van der Waals surface area contributed by atoms with Gasteiger partial charge in [-0.2, -0.15) is 9.78 Å². The van der Waals surface area contributed by atoms with Crippen LogP contribution in [0.5, 0.6) is 11.5 Å². The summed E-state index contributed by atoms with van der Waals surface area (Å²) >= 11 is 6.17. The number of nitro groups is 1. The Labute approximate surface area is 242 Å². The van der Waals surface area contributed by atoms with Crippen LogP contribution in [-0.4, -0.2) is 46.6 Å². The average molecular weight is 591 g/mol. The Morgan fingerprint density at radius 2 is 1.95 bits per heavy atom. The second kappa shape index (κ2) is 11.7. The SMILES string of the molecule is COc1cccc2oc(-c3nc4ccccc4c(=O)n3N=Cc3cc(Cl)cc([N+](=O)[O-])c3OCC(=O)OC(C)C)cc12. The summed E-state index contributed by atoms with van der Waals surface area (Å²) in [6.45, 7) is 2.71. The molecule has 0 N–H and O–H groups in total. The zero-order valence-corrected chi connectivity index (χ0v) is 23.3. The van der Waals surface area contributed by atoms with Gasteiger partial charge in [0.25, 0.3) is 5.56 Å². The first-order valence-electron chi connectivity index (χ1n) is 12.6. The molecule has 0 saturated heterocycles. The van der Waals surface area contributed by atoms with Crippen molar-refractivity contribution in [2.24, 2.45) is 5.10 Å². The molecular weight excluding hydrogens is 568 g/mol. The molecule has 0 fully saturated rings. The van der Waals surface area contributed by atoms with Crippen molar-refractivity contribution in [1.29, 1.82) is 0 Å². The van der Waals surface area contributed by atoms with Gasteiger partial charge in [-0.1, -0.05) is 29.8 Å². The lowest BCUT2D eigenvalue weighted by atomic mass is 10.2. The molecule has 5 aromatic rings. The lowest BCUT2D eigenvalue weighted by Gasteiger charge is -2.12. The fourth-order valence-corrected chi connectivity index (χ4v) is 4.47. The minimum Gasteiger partial charge on any atom is -0.496 e. The number of ether oxygens (including phenoxy) is 3. The number of hydrogen-bond acceptors (Lipinski definition) is 10. The lowest BCUT2D eigenvalue weighted by Crippen LogP contribution is -2.21. The summed E-state index contributed by atoms with van der Waals surface area (Å²) in [4.78, 5) is 41.5. The number of para-hydroxylation sites is 1. The molecule has 214 valence electrons. The number of aromatic nitrogens is 2. The number of rotatable bonds is 9. The molecule has 0 radical (unpaired) electrons. The monoisotopic (exact) mass is 590 g/mol. The molecule has 0 saturated carbocycles. The molecule has 0 atom stereocenters. The van der Waals surface area contributed by atoms with Gasteiger partial charge in [0.15, 0.2) is 12.4 Å². The summed E-state index contributed by atoms with van der Waals surface area (Å²) in [6, 6.07) is 16.1. The number of nitrogens with zero attached hydrogens (tertiary/aromatic N) is 4. The van der Waals surface area contributed by atoms with Gasteiger partial charge in [0, 0.05) is 16.7 Å². The van der Waals surface area contributed by atoms with Gasteiger partial charge in [-0.3, -0.25) is 14.9 Å². The van der Waals surface area contributed by atoms with E-state index >= 15 is 0 Å². The zero-order chi connectivity index (χ0) is 30.0. The van der Waals surface area contributed by atoms with E-state index in [1.807, 2.05) is 0 Å². The van der Waals surface area contributed by atoms with Gasteiger partial charge in [-0.15, -0.1) is 0 Å². The zero-order valence-electron chi connectivity index (χ0n) is 22.6. The van der Waals surface area contributed by atoms with E-state index < -0.39 is 34.9 Å². The van der Waals surface area contributed by atoms with Crippen molar-refractivity contribution in [2.75, 3.05) is 13.7 Å². The third-order valence-electron chi connectivity index (χ3n) is 5.99. The van der Waals surface area contributed by atoms with Crippen LogP contribution in [0.1, 0.15) is 19.4 Å². The van der Waals surface area contributed by atoms with E-state index in [2.05, 4.69) is 10.1 Å². The second-order valence-corrected chi connectivity index (χ2v) is 9.66. The summed E-state index contributed by atoms with van der Waals surface area (Å²) in [6.07, 6.45) is 0.748. The smallest absolute Gasteiger partial charge is 0.344 e. The number of benzene rings is 3. The molecule has 0 bridgehead atoms. The largest absolute Gasteiger partial charge is 0.496 e. The molecule has 0 unspecified atom stereocenters. The fourth-order valence-electron chi connectivity index (χ4n) is 4.25. The summed E-state index contributed by atoms with van der Waals surface area (Å²) in [5.41, 5.74) is -0.100. The van der Waals surface area contributed by atoms with Crippen molar-refractivity contribution >= 4 is 51.3 Å². The normalized spacial score (nSPS) is 11.5. The molecule has 0 spiro atoms. The number of esters is 1. The van der Waals surface area contributed by atoms with Gasteiger partial charge in [-0.25, -0.2) is 9.78 Å². The van der Waals surface area contributed by atoms with Crippen LogP contribution in [0.4, 0.5) is 5.69 Å². The van der Waals surface area contributed by atoms with Gasteiger partial charge >= 0.3 is 11.7 Å². The molecule has 12 nitrogen and oxygen atoms in total. The van der Waals surface area contributed by atoms with Gasteiger partial charge in [-0.05, 0) is 50.2 Å². The number of hydrogen-bond donors (Lipinski definition) is 0. The highest BCUT2D eigenvalue weighted by Gasteiger charge is 2.23. The van der Waals surface area contributed by atoms with Crippen LogP contribution >= 0.6 is 11.6 Å². The fraction of sp³-hybridized carbons (Fsp3) is 0.172. The van der Waals surface area contributed by atoms with Crippen molar-refractivity contribution in [3.05, 3.63) is 91.7 Å². The number of fused-ring (bicyclic) bond motifs is 2. The highest BCUT2D eigenvalue weighted by atomic mass is 35.5. The molecule has 0 aliphatic heterocycles. The van der Waals surface area contributed by atoms with E-state index in [1.54, 1.807) is 62.4 Å². The van der Waals surface area contributed by atoms with Crippen molar-refractivity contribution < 1.29 is 28.3 Å². The maximum atomic E-state index is 13.6. The first kappa shape index (κ1) is 28.3. The van der Waals surface area contributed by atoms with Crippen molar-refractivity contribution in [3.63, 3.8) is 0 Å². The Bertz CT molecular complexity index is 1930. The predicted octanol–water partition coefficient (Wildman–Crippen LogP) is 5.59. The second-order valence-electron chi connectivity index (χ2n) is 9.22. The number of furan rings is 1. The van der Waals surface area contributed by atoms with E-state index in [0.29, 0.717) is 22.2 Å².